The van der Waals surface area contributed by atoms with E-state index in [1.807, 2.05) is 25.6 Å². The first-order valence-electron chi connectivity index (χ1n) is 4.58. The SMILES string of the molecule is CC.CC1=NC2(CCOC2)CS1. The standard InChI is InChI=1S/C7H11NOS.C2H6/c1-6-8-7(5-10-6)2-3-9-4-7;1-2/h2-5H2,1H3;1-2H3. The average molecular weight is 187 g/mol. The fourth-order valence-corrected chi connectivity index (χ4v) is 2.46. The van der Waals surface area contributed by atoms with Gasteiger partial charge < -0.3 is 4.74 Å². The summed E-state index contributed by atoms with van der Waals surface area (Å²) >= 11 is 1.86. The normalized spacial score (nSPS) is 33.1. The van der Waals surface area contributed by atoms with Gasteiger partial charge in [0.2, 0.25) is 0 Å². The van der Waals surface area contributed by atoms with E-state index in [4.69, 9.17) is 4.74 Å². The molecular formula is C9H17NOS. The summed E-state index contributed by atoms with van der Waals surface area (Å²) < 4.78 is 5.31. The van der Waals surface area contributed by atoms with Crippen molar-refractivity contribution in [2.75, 3.05) is 19.0 Å². The summed E-state index contributed by atoms with van der Waals surface area (Å²) in [6.07, 6.45) is 1.12. The molecule has 2 aliphatic rings. The van der Waals surface area contributed by atoms with E-state index in [1.165, 1.54) is 5.04 Å². The van der Waals surface area contributed by atoms with Crippen molar-refractivity contribution in [3.05, 3.63) is 0 Å². The number of nitrogens with zero attached hydrogens (tertiary/aromatic N) is 1. The lowest BCUT2D eigenvalue weighted by Gasteiger charge is -2.14. The van der Waals surface area contributed by atoms with Crippen molar-refractivity contribution in [1.29, 1.82) is 0 Å². The number of hydrogen-bond acceptors (Lipinski definition) is 3. The van der Waals surface area contributed by atoms with Gasteiger partial charge in [0.25, 0.3) is 0 Å². The summed E-state index contributed by atoms with van der Waals surface area (Å²) in [6, 6.07) is 0. The van der Waals surface area contributed by atoms with Crippen molar-refractivity contribution in [3.8, 4) is 0 Å². The van der Waals surface area contributed by atoms with Crippen molar-refractivity contribution in [1.82, 2.24) is 0 Å². The van der Waals surface area contributed by atoms with Gasteiger partial charge in [0, 0.05) is 12.4 Å². The molecule has 0 aromatic carbocycles. The second kappa shape index (κ2) is 4.28. The van der Waals surface area contributed by atoms with Crippen LogP contribution in [0.25, 0.3) is 0 Å². The van der Waals surface area contributed by atoms with Gasteiger partial charge in [-0.15, -0.1) is 11.8 Å². The molecule has 70 valence electrons. The molecule has 2 rings (SSSR count). The van der Waals surface area contributed by atoms with Crippen molar-refractivity contribution >= 4 is 16.8 Å². The Labute approximate surface area is 78.8 Å². The molecule has 3 heteroatoms. The van der Waals surface area contributed by atoms with Crippen LogP contribution in [0.2, 0.25) is 0 Å². The Balaban J connectivity index is 0.000000336. The number of ether oxygens (including phenoxy) is 1. The van der Waals surface area contributed by atoms with E-state index in [1.54, 1.807) is 0 Å². The molecule has 0 aromatic heterocycles. The Morgan fingerprint density at radius 3 is 2.67 bits per heavy atom. The van der Waals surface area contributed by atoms with Crippen LogP contribution in [0.15, 0.2) is 4.99 Å². The molecule has 0 radical (unpaired) electrons. The van der Waals surface area contributed by atoms with E-state index >= 15 is 0 Å². The third-order valence-electron chi connectivity index (χ3n) is 2.03. The summed E-state index contributed by atoms with van der Waals surface area (Å²) in [7, 11) is 0. The first-order valence-corrected chi connectivity index (χ1v) is 5.56. The van der Waals surface area contributed by atoms with Gasteiger partial charge in [-0.1, -0.05) is 13.8 Å². The topological polar surface area (TPSA) is 21.6 Å². The van der Waals surface area contributed by atoms with Gasteiger partial charge in [-0.2, -0.15) is 0 Å². The fraction of sp³-hybridized carbons (Fsp3) is 0.889. The highest BCUT2D eigenvalue weighted by Gasteiger charge is 2.38. The van der Waals surface area contributed by atoms with Crippen molar-refractivity contribution in [2.45, 2.75) is 32.7 Å². The molecule has 1 saturated heterocycles. The number of hydrogen-bond donors (Lipinski definition) is 0. The maximum absolute atomic E-state index is 5.31. The molecule has 0 aliphatic carbocycles. The summed E-state index contributed by atoms with van der Waals surface area (Å²) in [5.41, 5.74) is 0.189. The Morgan fingerprint density at radius 1 is 1.50 bits per heavy atom. The zero-order chi connectivity index (χ0) is 9.03. The summed E-state index contributed by atoms with van der Waals surface area (Å²) in [4.78, 5) is 4.57. The first-order chi connectivity index (χ1) is 5.81. The molecule has 2 heterocycles. The average Bonchev–Trinajstić information content (AvgIpc) is 2.68. The van der Waals surface area contributed by atoms with Crippen LogP contribution >= 0.6 is 11.8 Å². The van der Waals surface area contributed by atoms with Crippen LogP contribution < -0.4 is 0 Å². The van der Waals surface area contributed by atoms with Crippen molar-refractivity contribution < 1.29 is 4.74 Å². The van der Waals surface area contributed by atoms with Gasteiger partial charge in [-0.3, -0.25) is 4.99 Å². The smallest absolute Gasteiger partial charge is 0.0965 e. The number of rotatable bonds is 0. The molecule has 0 bridgehead atoms. The van der Waals surface area contributed by atoms with Crippen LogP contribution in [0.5, 0.6) is 0 Å². The van der Waals surface area contributed by atoms with Crippen LogP contribution in [-0.4, -0.2) is 29.5 Å². The molecule has 1 spiro atoms. The minimum atomic E-state index is 0.189. The zero-order valence-electron chi connectivity index (χ0n) is 8.09. The minimum absolute atomic E-state index is 0.189. The Kier molecular flexibility index (Phi) is 3.59. The molecule has 12 heavy (non-hydrogen) atoms. The summed E-state index contributed by atoms with van der Waals surface area (Å²) in [5, 5.41) is 1.23. The predicted octanol–water partition coefficient (Wildman–Crippen LogP) is 2.34. The molecule has 1 unspecified atom stereocenters. The van der Waals surface area contributed by atoms with Crippen LogP contribution in [-0.2, 0) is 4.74 Å². The lowest BCUT2D eigenvalue weighted by Crippen LogP contribution is -2.26. The van der Waals surface area contributed by atoms with E-state index < -0.39 is 0 Å². The molecule has 1 fully saturated rings. The molecule has 0 amide bonds. The summed E-state index contributed by atoms with van der Waals surface area (Å²) in [6.45, 7) is 7.83. The van der Waals surface area contributed by atoms with E-state index in [0.717, 1.165) is 25.4 Å². The number of aliphatic imine (C=N–C) groups is 1. The quantitative estimate of drug-likeness (QED) is 0.580. The molecule has 2 aliphatic heterocycles. The van der Waals surface area contributed by atoms with Gasteiger partial charge in [-0.05, 0) is 13.3 Å². The monoisotopic (exact) mass is 187 g/mol. The predicted molar refractivity (Wildman–Crippen MR) is 55.1 cm³/mol. The number of thioether (sulfide) groups is 1. The van der Waals surface area contributed by atoms with E-state index in [2.05, 4.69) is 11.9 Å². The highest BCUT2D eigenvalue weighted by Crippen LogP contribution is 2.34. The van der Waals surface area contributed by atoms with Gasteiger partial charge in [-0.25, -0.2) is 0 Å². The zero-order valence-corrected chi connectivity index (χ0v) is 8.91. The lowest BCUT2D eigenvalue weighted by molar-refractivity contribution is 0.183. The van der Waals surface area contributed by atoms with E-state index in [-0.39, 0.29) is 5.54 Å². The van der Waals surface area contributed by atoms with Gasteiger partial charge in [0.05, 0.1) is 17.2 Å². The fourth-order valence-electron chi connectivity index (χ4n) is 1.44. The highest BCUT2D eigenvalue weighted by atomic mass is 32.2. The Hall–Kier alpha value is -0.0200. The highest BCUT2D eigenvalue weighted by molar-refractivity contribution is 8.14. The van der Waals surface area contributed by atoms with Gasteiger partial charge in [0.15, 0.2) is 0 Å². The Bertz CT molecular complexity index is 173. The second-order valence-corrected chi connectivity index (χ2v) is 4.11. The third kappa shape index (κ3) is 2.02. The van der Waals surface area contributed by atoms with Gasteiger partial charge in [0.1, 0.15) is 0 Å². The minimum Gasteiger partial charge on any atom is -0.379 e. The third-order valence-corrected chi connectivity index (χ3v) is 3.22. The first kappa shape index (κ1) is 10.1. The van der Waals surface area contributed by atoms with E-state index in [9.17, 15) is 0 Å². The molecular weight excluding hydrogens is 170 g/mol. The van der Waals surface area contributed by atoms with Crippen LogP contribution in [0.1, 0.15) is 27.2 Å². The van der Waals surface area contributed by atoms with Crippen LogP contribution in [0.4, 0.5) is 0 Å². The second-order valence-electron chi connectivity index (χ2n) is 2.95. The van der Waals surface area contributed by atoms with Crippen molar-refractivity contribution in [3.63, 3.8) is 0 Å². The Morgan fingerprint density at radius 2 is 2.25 bits per heavy atom. The van der Waals surface area contributed by atoms with E-state index in [0.29, 0.717) is 0 Å². The van der Waals surface area contributed by atoms with Crippen molar-refractivity contribution in [2.24, 2.45) is 4.99 Å². The molecule has 0 aromatic rings. The molecule has 0 N–H and O–H groups in total. The van der Waals surface area contributed by atoms with Crippen LogP contribution in [0, 0.1) is 0 Å². The maximum Gasteiger partial charge on any atom is 0.0965 e. The van der Waals surface area contributed by atoms with Crippen LogP contribution in [0.3, 0.4) is 0 Å². The molecule has 1 atom stereocenters. The lowest BCUT2D eigenvalue weighted by atomic mass is 10.0. The molecule has 2 nitrogen and oxygen atoms in total. The van der Waals surface area contributed by atoms with Gasteiger partial charge >= 0.3 is 0 Å². The largest absolute Gasteiger partial charge is 0.379 e. The maximum atomic E-state index is 5.31. The molecule has 0 saturated carbocycles. The summed E-state index contributed by atoms with van der Waals surface area (Å²) in [5.74, 6) is 1.14.